The highest BCUT2D eigenvalue weighted by atomic mass is 32.1. The number of aryl methyl sites for hydroxylation is 1. The molecule has 0 bridgehead atoms. The molecule has 3 nitrogen and oxygen atoms in total. The third-order valence-electron chi connectivity index (χ3n) is 2.92. The molecule has 0 saturated heterocycles. The van der Waals surface area contributed by atoms with Crippen molar-refractivity contribution in [2.45, 2.75) is 13.5 Å². The molecule has 1 aliphatic rings. The Morgan fingerprint density at radius 2 is 1.88 bits per heavy atom. The van der Waals surface area contributed by atoms with Gasteiger partial charge >= 0.3 is 0 Å². The number of hydrogen-bond acceptors (Lipinski definition) is 4. The minimum absolute atomic E-state index is 0.641. The van der Waals surface area contributed by atoms with Crippen LogP contribution in [0.5, 0.6) is 11.5 Å². The van der Waals surface area contributed by atoms with Gasteiger partial charge in [0.2, 0.25) is 0 Å². The molecule has 2 rings (SSSR count). The molecule has 1 aromatic rings. The van der Waals surface area contributed by atoms with Gasteiger partial charge in [0.05, 0.1) is 0 Å². The van der Waals surface area contributed by atoms with Crippen LogP contribution in [0.25, 0.3) is 0 Å². The first-order chi connectivity index (χ1) is 8.20. The van der Waals surface area contributed by atoms with E-state index in [1.54, 1.807) is 0 Å². The van der Waals surface area contributed by atoms with E-state index >= 15 is 0 Å². The van der Waals surface area contributed by atoms with E-state index in [1.807, 2.05) is 0 Å². The average molecular weight is 253 g/mol. The summed E-state index contributed by atoms with van der Waals surface area (Å²) in [5.41, 5.74) is 2.54. The molecule has 0 saturated carbocycles. The predicted octanol–water partition coefficient (Wildman–Crippen LogP) is 2.13. The maximum absolute atomic E-state index is 5.60. The van der Waals surface area contributed by atoms with Gasteiger partial charge in [-0.3, -0.25) is 0 Å². The summed E-state index contributed by atoms with van der Waals surface area (Å²) in [6, 6.07) is 4.16. The number of ether oxygens (including phenoxy) is 2. The van der Waals surface area contributed by atoms with Gasteiger partial charge in [0, 0.05) is 18.8 Å². The molecule has 0 N–H and O–H groups in total. The quantitative estimate of drug-likeness (QED) is 0.831. The molecule has 0 aliphatic carbocycles. The number of rotatable bonds is 4. The number of benzene rings is 1. The van der Waals surface area contributed by atoms with E-state index in [2.05, 4.69) is 43.6 Å². The summed E-state index contributed by atoms with van der Waals surface area (Å²) in [7, 11) is 2.10. The van der Waals surface area contributed by atoms with Crippen molar-refractivity contribution in [1.82, 2.24) is 4.90 Å². The van der Waals surface area contributed by atoms with Gasteiger partial charge in [-0.25, -0.2) is 0 Å². The van der Waals surface area contributed by atoms with Crippen molar-refractivity contribution < 1.29 is 9.47 Å². The maximum Gasteiger partial charge on any atom is 0.161 e. The highest BCUT2D eigenvalue weighted by Gasteiger charge is 2.14. The first-order valence-electron chi connectivity index (χ1n) is 5.89. The van der Waals surface area contributed by atoms with Gasteiger partial charge in [-0.15, -0.1) is 0 Å². The number of fused-ring (bicyclic) bond motifs is 1. The van der Waals surface area contributed by atoms with E-state index in [9.17, 15) is 0 Å². The summed E-state index contributed by atoms with van der Waals surface area (Å²) in [6.07, 6.45) is 0. The third-order valence-corrected chi connectivity index (χ3v) is 3.12. The van der Waals surface area contributed by atoms with Gasteiger partial charge in [0.15, 0.2) is 11.5 Å². The molecular formula is C13H19NO2S. The zero-order chi connectivity index (χ0) is 12.3. The SMILES string of the molecule is Cc1cc2c(cc1CN(C)CCS)OCCO2. The Hall–Kier alpha value is -0.870. The maximum atomic E-state index is 5.60. The van der Waals surface area contributed by atoms with E-state index < -0.39 is 0 Å². The third kappa shape index (κ3) is 3.07. The molecule has 0 amide bonds. The molecule has 4 heteroatoms. The second-order valence-electron chi connectivity index (χ2n) is 4.38. The lowest BCUT2D eigenvalue weighted by atomic mass is 10.1. The number of hydrogen-bond donors (Lipinski definition) is 1. The van der Waals surface area contributed by atoms with Crippen molar-refractivity contribution in [3.05, 3.63) is 23.3 Å². The molecule has 0 aromatic heterocycles. The molecule has 94 valence electrons. The Labute approximate surface area is 108 Å². The standard InChI is InChI=1S/C13H19NO2S/c1-10-7-12-13(16-5-4-15-12)8-11(10)9-14(2)3-6-17/h7-8,17H,3-6,9H2,1-2H3. The van der Waals surface area contributed by atoms with Crippen molar-refractivity contribution >= 4 is 12.6 Å². The molecule has 1 aliphatic heterocycles. The van der Waals surface area contributed by atoms with Crippen molar-refractivity contribution in [2.75, 3.05) is 32.6 Å². The van der Waals surface area contributed by atoms with Crippen LogP contribution in [0.1, 0.15) is 11.1 Å². The van der Waals surface area contributed by atoms with Gasteiger partial charge in [0.1, 0.15) is 13.2 Å². The highest BCUT2D eigenvalue weighted by molar-refractivity contribution is 7.80. The monoisotopic (exact) mass is 253 g/mol. The lowest BCUT2D eigenvalue weighted by Crippen LogP contribution is -2.21. The second-order valence-corrected chi connectivity index (χ2v) is 4.83. The largest absolute Gasteiger partial charge is 0.486 e. The average Bonchev–Trinajstić information content (AvgIpc) is 2.30. The van der Waals surface area contributed by atoms with E-state index in [0.717, 1.165) is 30.3 Å². The van der Waals surface area contributed by atoms with Crippen molar-refractivity contribution in [3.63, 3.8) is 0 Å². The van der Waals surface area contributed by atoms with Crippen LogP contribution < -0.4 is 9.47 Å². The van der Waals surface area contributed by atoms with E-state index in [4.69, 9.17) is 9.47 Å². The molecule has 0 unspecified atom stereocenters. The summed E-state index contributed by atoms with van der Waals surface area (Å²) in [5.74, 6) is 2.62. The first-order valence-corrected chi connectivity index (χ1v) is 6.52. The summed E-state index contributed by atoms with van der Waals surface area (Å²) in [4.78, 5) is 2.26. The van der Waals surface area contributed by atoms with Gasteiger partial charge < -0.3 is 14.4 Å². The topological polar surface area (TPSA) is 21.7 Å². The molecule has 0 spiro atoms. The van der Waals surface area contributed by atoms with Gasteiger partial charge in [-0.05, 0) is 37.2 Å². The van der Waals surface area contributed by atoms with Crippen LogP contribution >= 0.6 is 12.6 Å². The smallest absolute Gasteiger partial charge is 0.161 e. The Morgan fingerprint density at radius 3 is 2.53 bits per heavy atom. The minimum Gasteiger partial charge on any atom is -0.486 e. The lowest BCUT2D eigenvalue weighted by Gasteiger charge is -2.22. The van der Waals surface area contributed by atoms with E-state index in [0.29, 0.717) is 13.2 Å². The van der Waals surface area contributed by atoms with Crippen LogP contribution in [0.15, 0.2) is 12.1 Å². The van der Waals surface area contributed by atoms with Crippen molar-refractivity contribution in [1.29, 1.82) is 0 Å². The lowest BCUT2D eigenvalue weighted by molar-refractivity contribution is 0.171. The van der Waals surface area contributed by atoms with Crippen LogP contribution in [0.2, 0.25) is 0 Å². The zero-order valence-electron chi connectivity index (χ0n) is 10.4. The number of nitrogens with zero attached hydrogens (tertiary/aromatic N) is 1. The van der Waals surface area contributed by atoms with Crippen LogP contribution in [-0.4, -0.2) is 37.5 Å². The van der Waals surface area contributed by atoms with E-state index in [1.165, 1.54) is 11.1 Å². The molecule has 1 aromatic carbocycles. The highest BCUT2D eigenvalue weighted by Crippen LogP contribution is 2.33. The van der Waals surface area contributed by atoms with Crippen molar-refractivity contribution in [3.8, 4) is 11.5 Å². The molecule has 1 heterocycles. The van der Waals surface area contributed by atoms with Crippen LogP contribution in [-0.2, 0) is 6.54 Å². The number of thiol groups is 1. The summed E-state index contributed by atoms with van der Waals surface area (Å²) >= 11 is 4.25. The van der Waals surface area contributed by atoms with Crippen LogP contribution in [0.3, 0.4) is 0 Å². The van der Waals surface area contributed by atoms with Crippen LogP contribution in [0, 0.1) is 6.92 Å². The van der Waals surface area contributed by atoms with E-state index in [-0.39, 0.29) is 0 Å². The van der Waals surface area contributed by atoms with Gasteiger partial charge in [-0.1, -0.05) is 0 Å². The summed E-state index contributed by atoms with van der Waals surface area (Å²) in [5, 5.41) is 0. The molecule has 0 radical (unpaired) electrons. The molecular weight excluding hydrogens is 234 g/mol. The van der Waals surface area contributed by atoms with Gasteiger partial charge in [-0.2, -0.15) is 12.6 Å². The van der Waals surface area contributed by atoms with Gasteiger partial charge in [0.25, 0.3) is 0 Å². The fourth-order valence-corrected chi connectivity index (χ4v) is 2.28. The predicted molar refractivity (Wildman–Crippen MR) is 72.4 cm³/mol. The zero-order valence-corrected chi connectivity index (χ0v) is 11.3. The fourth-order valence-electron chi connectivity index (χ4n) is 1.94. The van der Waals surface area contributed by atoms with Crippen LogP contribution in [0.4, 0.5) is 0 Å². The Kier molecular flexibility index (Phi) is 4.18. The summed E-state index contributed by atoms with van der Waals surface area (Å²) in [6.45, 7) is 5.30. The Balaban J connectivity index is 2.16. The molecule has 0 fully saturated rings. The molecule has 0 atom stereocenters. The first kappa shape index (κ1) is 12.6. The van der Waals surface area contributed by atoms with Crippen molar-refractivity contribution in [2.24, 2.45) is 0 Å². The summed E-state index contributed by atoms with van der Waals surface area (Å²) < 4.78 is 11.2. The Bertz CT molecular complexity index is 395. The Morgan fingerprint density at radius 1 is 1.24 bits per heavy atom. The fraction of sp³-hybridized carbons (Fsp3) is 0.538. The molecule has 17 heavy (non-hydrogen) atoms. The minimum atomic E-state index is 0.641. The normalized spacial score (nSPS) is 14.1. The second kappa shape index (κ2) is 5.65.